The maximum Gasteiger partial charge on any atom is 0.258 e. The van der Waals surface area contributed by atoms with Crippen molar-refractivity contribution < 1.29 is 9.21 Å². The number of rotatable bonds is 6. The number of nitrogens with zero attached hydrogens (tertiary/aromatic N) is 2. The standard InChI is InChI=1S/C21H17ClN4O3/c22-14-7-8-19-25-15(10-20(27)26(19)13-14)11-23-18-6-2-1-5-17(18)21(28)24-12-16-4-3-9-29-16/h1-10,13,23H,11-12H2,(H,24,28). The van der Waals surface area contributed by atoms with Crippen molar-refractivity contribution in [1.29, 1.82) is 0 Å². The highest BCUT2D eigenvalue weighted by atomic mass is 35.5. The van der Waals surface area contributed by atoms with Crippen LogP contribution < -0.4 is 16.2 Å². The zero-order valence-corrected chi connectivity index (χ0v) is 16.0. The van der Waals surface area contributed by atoms with Gasteiger partial charge in [0, 0.05) is 18.0 Å². The van der Waals surface area contributed by atoms with E-state index in [9.17, 15) is 9.59 Å². The highest BCUT2D eigenvalue weighted by molar-refractivity contribution is 6.30. The molecule has 0 atom stereocenters. The van der Waals surface area contributed by atoms with Crippen LogP contribution >= 0.6 is 11.6 Å². The predicted molar refractivity (Wildman–Crippen MR) is 110 cm³/mol. The molecule has 3 heterocycles. The van der Waals surface area contributed by atoms with Crippen LogP contribution in [0.2, 0.25) is 5.02 Å². The van der Waals surface area contributed by atoms with Gasteiger partial charge in [0.2, 0.25) is 0 Å². The van der Waals surface area contributed by atoms with Gasteiger partial charge in [-0.05, 0) is 36.4 Å². The molecule has 0 bridgehead atoms. The van der Waals surface area contributed by atoms with Gasteiger partial charge in [0.25, 0.3) is 11.5 Å². The third-order valence-electron chi connectivity index (χ3n) is 4.31. The van der Waals surface area contributed by atoms with Gasteiger partial charge in [-0.25, -0.2) is 4.98 Å². The first-order chi connectivity index (χ1) is 14.1. The number of benzene rings is 1. The minimum Gasteiger partial charge on any atom is -0.467 e. The summed E-state index contributed by atoms with van der Waals surface area (Å²) in [5.41, 5.74) is 1.97. The van der Waals surface area contributed by atoms with Gasteiger partial charge in [-0.3, -0.25) is 14.0 Å². The molecule has 4 aromatic rings. The van der Waals surface area contributed by atoms with E-state index >= 15 is 0 Å². The minimum atomic E-state index is -0.231. The molecular weight excluding hydrogens is 392 g/mol. The summed E-state index contributed by atoms with van der Waals surface area (Å²) in [4.78, 5) is 29.3. The Morgan fingerprint density at radius 2 is 1.97 bits per heavy atom. The van der Waals surface area contributed by atoms with Gasteiger partial charge < -0.3 is 15.1 Å². The van der Waals surface area contributed by atoms with Crippen molar-refractivity contribution in [2.24, 2.45) is 0 Å². The van der Waals surface area contributed by atoms with Crippen LogP contribution in [0.25, 0.3) is 5.65 Å². The summed E-state index contributed by atoms with van der Waals surface area (Å²) < 4.78 is 6.62. The second-order valence-electron chi connectivity index (χ2n) is 6.32. The summed E-state index contributed by atoms with van der Waals surface area (Å²) >= 11 is 5.93. The molecule has 29 heavy (non-hydrogen) atoms. The number of fused-ring (bicyclic) bond motifs is 1. The van der Waals surface area contributed by atoms with E-state index in [-0.39, 0.29) is 18.0 Å². The third-order valence-corrected chi connectivity index (χ3v) is 4.54. The first-order valence-corrected chi connectivity index (χ1v) is 9.29. The molecule has 0 radical (unpaired) electrons. The van der Waals surface area contributed by atoms with E-state index in [1.165, 1.54) is 16.7 Å². The van der Waals surface area contributed by atoms with Gasteiger partial charge in [0.15, 0.2) is 0 Å². The Labute approximate surface area is 171 Å². The molecular formula is C21H17ClN4O3. The van der Waals surface area contributed by atoms with Crippen LogP contribution in [0.15, 0.2) is 76.3 Å². The van der Waals surface area contributed by atoms with E-state index in [1.807, 2.05) is 6.07 Å². The molecule has 0 saturated heterocycles. The van der Waals surface area contributed by atoms with E-state index in [0.29, 0.717) is 39.9 Å². The minimum absolute atomic E-state index is 0.223. The predicted octanol–water partition coefficient (Wildman–Crippen LogP) is 3.48. The Kier molecular flexibility index (Phi) is 5.31. The van der Waals surface area contributed by atoms with E-state index in [2.05, 4.69) is 15.6 Å². The van der Waals surface area contributed by atoms with E-state index in [1.54, 1.807) is 48.7 Å². The number of halogens is 1. The molecule has 146 valence electrons. The number of aromatic nitrogens is 2. The van der Waals surface area contributed by atoms with E-state index in [4.69, 9.17) is 16.0 Å². The fourth-order valence-electron chi connectivity index (χ4n) is 2.91. The van der Waals surface area contributed by atoms with Crippen molar-refractivity contribution in [3.05, 3.63) is 99.5 Å². The normalized spacial score (nSPS) is 10.8. The summed E-state index contributed by atoms with van der Waals surface area (Å²) in [5, 5.41) is 6.47. The average Bonchev–Trinajstić information content (AvgIpc) is 3.25. The molecule has 0 aliphatic rings. The van der Waals surface area contributed by atoms with Gasteiger partial charge in [-0.15, -0.1) is 0 Å². The molecule has 0 unspecified atom stereocenters. The molecule has 0 fully saturated rings. The Morgan fingerprint density at radius 1 is 1.10 bits per heavy atom. The topological polar surface area (TPSA) is 88.6 Å². The van der Waals surface area contributed by atoms with Crippen LogP contribution in [0.1, 0.15) is 21.8 Å². The number of hydrogen-bond donors (Lipinski definition) is 2. The highest BCUT2D eigenvalue weighted by Gasteiger charge is 2.12. The van der Waals surface area contributed by atoms with Crippen LogP contribution in [0.3, 0.4) is 0 Å². The maximum absolute atomic E-state index is 12.6. The Balaban J connectivity index is 1.50. The summed E-state index contributed by atoms with van der Waals surface area (Å²) in [7, 11) is 0. The number of amides is 1. The third kappa shape index (κ3) is 4.30. The molecule has 0 aliphatic carbocycles. The van der Waals surface area contributed by atoms with E-state index < -0.39 is 0 Å². The summed E-state index contributed by atoms with van der Waals surface area (Å²) in [6, 6.07) is 15.5. The number of nitrogens with one attached hydrogen (secondary N) is 2. The number of pyridine rings is 1. The largest absolute Gasteiger partial charge is 0.467 e. The quantitative estimate of drug-likeness (QED) is 0.510. The number of carbonyl (C=O) groups is 1. The molecule has 1 amide bonds. The molecule has 0 saturated carbocycles. The van der Waals surface area contributed by atoms with Crippen LogP contribution in [-0.4, -0.2) is 15.3 Å². The molecule has 8 heteroatoms. The molecule has 1 aromatic carbocycles. The lowest BCUT2D eigenvalue weighted by atomic mass is 10.1. The summed E-state index contributed by atoms with van der Waals surface area (Å²) in [6.07, 6.45) is 3.09. The van der Waals surface area contributed by atoms with Crippen molar-refractivity contribution in [1.82, 2.24) is 14.7 Å². The second kappa shape index (κ2) is 8.20. The summed E-state index contributed by atoms with van der Waals surface area (Å²) in [5.74, 6) is 0.440. The lowest BCUT2D eigenvalue weighted by Gasteiger charge is -2.12. The zero-order valence-electron chi connectivity index (χ0n) is 15.3. The van der Waals surface area contributed by atoms with Crippen molar-refractivity contribution in [3.63, 3.8) is 0 Å². The van der Waals surface area contributed by atoms with Crippen molar-refractivity contribution in [2.45, 2.75) is 13.1 Å². The molecule has 7 nitrogen and oxygen atoms in total. The Hall–Kier alpha value is -3.58. The lowest BCUT2D eigenvalue weighted by molar-refractivity contribution is 0.0949. The fraction of sp³-hybridized carbons (Fsp3) is 0.0952. The SMILES string of the molecule is O=C(NCc1ccco1)c1ccccc1NCc1cc(=O)n2cc(Cl)ccc2n1. The van der Waals surface area contributed by atoms with Crippen LogP contribution in [-0.2, 0) is 13.1 Å². The molecule has 2 N–H and O–H groups in total. The smallest absolute Gasteiger partial charge is 0.258 e. The van der Waals surface area contributed by atoms with Gasteiger partial charge in [-0.2, -0.15) is 0 Å². The molecule has 0 spiro atoms. The molecule has 4 rings (SSSR count). The second-order valence-corrected chi connectivity index (χ2v) is 6.76. The highest BCUT2D eigenvalue weighted by Crippen LogP contribution is 2.16. The van der Waals surface area contributed by atoms with Crippen molar-refractivity contribution in [2.75, 3.05) is 5.32 Å². The average molecular weight is 409 g/mol. The number of hydrogen-bond acceptors (Lipinski definition) is 5. The van der Waals surface area contributed by atoms with Gasteiger partial charge in [0.05, 0.1) is 35.6 Å². The first kappa shape index (κ1) is 18.8. The molecule has 0 aliphatic heterocycles. The van der Waals surface area contributed by atoms with Gasteiger partial charge >= 0.3 is 0 Å². The Bertz CT molecular complexity index is 1220. The number of anilines is 1. The van der Waals surface area contributed by atoms with Gasteiger partial charge in [0.1, 0.15) is 11.4 Å². The fourth-order valence-corrected chi connectivity index (χ4v) is 3.07. The molecule has 3 aromatic heterocycles. The van der Waals surface area contributed by atoms with Crippen molar-refractivity contribution in [3.8, 4) is 0 Å². The number of para-hydroxylation sites is 1. The zero-order chi connectivity index (χ0) is 20.2. The monoisotopic (exact) mass is 408 g/mol. The summed E-state index contributed by atoms with van der Waals surface area (Å²) in [6.45, 7) is 0.586. The number of furan rings is 1. The van der Waals surface area contributed by atoms with Crippen LogP contribution in [0, 0.1) is 0 Å². The van der Waals surface area contributed by atoms with Gasteiger partial charge in [-0.1, -0.05) is 23.7 Å². The van der Waals surface area contributed by atoms with E-state index in [0.717, 1.165) is 0 Å². The Morgan fingerprint density at radius 3 is 2.79 bits per heavy atom. The number of carbonyl (C=O) groups excluding carboxylic acids is 1. The lowest BCUT2D eigenvalue weighted by Crippen LogP contribution is -2.24. The first-order valence-electron chi connectivity index (χ1n) is 8.91. The van der Waals surface area contributed by atoms with Crippen molar-refractivity contribution >= 4 is 28.8 Å². The van der Waals surface area contributed by atoms with Crippen LogP contribution in [0.4, 0.5) is 5.69 Å². The maximum atomic E-state index is 12.6. The van der Waals surface area contributed by atoms with Crippen LogP contribution in [0.5, 0.6) is 0 Å².